The Hall–Kier alpha value is -0.120. The van der Waals surface area contributed by atoms with Crippen LogP contribution >= 0.6 is 0 Å². The average Bonchev–Trinajstić information content (AvgIpc) is 1.94. The summed E-state index contributed by atoms with van der Waals surface area (Å²) in [4.78, 5) is 0. The van der Waals surface area contributed by atoms with Gasteiger partial charge >= 0.3 is 0 Å². The number of hydrogen-bond donors (Lipinski definition) is 3. The van der Waals surface area contributed by atoms with Gasteiger partial charge in [0, 0.05) is 24.7 Å². The Morgan fingerprint density at radius 3 is 2.38 bits per heavy atom. The lowest BCUT2D eigenvalue weighted by Gasteiger charge is -2.37. The zero-order chi connectivity index (χ0) is 10.1. The van der Waals surface area contributed by atoms with E-state index in [1.54, 1.807) is 0 Å². The van der Waals surface area contributed by atoms with E-state index < -0.39 is 5.60 Å². The van der Waals surface area contributed by atoms with Gasteiger partial charge in [0.1, 0.15) is 0 Å². The molecule has 78 valence electrons. The molecule has 0 aromatic carbocycles. The number of aliphatic hydroxyl groups is 1. The third kappa shape index (κ3) is 3.63. The van der Waals surface area contributed by atoms with Gasteiger partial charge in [-0.05, 0) is 34.1 Å². The van der Waals surface area contributed by atoms with Crippen LogP contribution < -0.4 is 10.6 Å². The Morgan fingerprint density at radius 2 is 1.92 bits per heavy atom. The SMILES string of the molecule is CC1NCC(CC(C)(C)O)NC1C. The lowest BCUT2D eigenvalue weighted by molar-refractivity contribution is 0.0529. The molecule has 1 saturated heterocycles. The van der Waals surface area contributed by atoms with E-state index >= 15 is 0 Å². The highest BCUT2D eigenvalue weighted by Gasteiger charge is 2.27. The number of rotatable bonds is 2. The summed E-state index contributed by atoms with van der Waals surface area (Å²) in [6.07, 6.45) is 0.803. The van der Waals surface area contributed by atoms with Crippen LogP contribution in [-0.2, 0) is 0 Å². The second-order valence-corrected chi connectivity index (χ2v) is 4.87. The molecule has 0 aliphatic carbocycles. The van der Waals surface area contributed by atoms with Crippen LogP contribution in [0, 0.1) is 0 Å². The minimum Gasteiger partial charge on any atom is -0.390 e. The third-order valence-corrected chi connectivity index (χ3v) is 2.68. The predicted molar refractivity (Wildman–Crippen MR) is 54.8 cm³/mol. The highest BCUT2D eigenvalue weighted by Crippen LogP contribution is 2.13. The van der Waals surface area contributed by atoms with E-state index in [4.69, 9.17) is 0 Å². The number of piperazine rings is 1. The third-order valence-electron chi connectivity index (χ3n) is 2.68. The zero-order valence-electron chi connectivity index (χ0n) is 9.09. The van der Waals surface area contributed by atoms with Crippen molar-refractivity contribution in [1.82, 2.24) is 10.6 Å². The molecule has 1 aliphatic rings. The Labute approximate surface area is 80.9 Å². The van der Waals surface area contributed by atoms with Gasteiger partial charge in [0.05, 0.1) is 5.60 Å². The fraction of sp³-hybridized carbons (Fsp3) is 1.00. The molecule has 1 fully saturated rings. The van der Waals surface area contributed by atoms with Crippen LogP contribution in [0.15, 0.2) is 0 Å². The molecule has 13 heavy (non-hydrogen) atoms. The summed E-state index contributed by atoms with van der Waals surface area (Å²) in [5.74, 6) is 0. The lowest BCUT2D eigenvalue weighted by Crippen LogP contribution is -2.59. The van der Waals surface area contributed by atoms with E-state index in [2.05, 4.69) is 24.5 Å². The van der Waals surface area contributed by atoms with E-state index in [9.17, 15) is 5.11 Å². The van der Waals surface area contributed by atoms with Crippen molar-refractivity contribution in [2.45, 2.75) is 57.8 Å². The molecule has 0 saturated carbocycles. The summed E-state index contributed by atoms with van der Waals surface area (Å²) in [5, 5.41) is 16.6. The van der Waals surface area contributed by atoms with Gasteiger partial charge in [-0.2, -0.15) is 0 Å². The Bertz CT molecular complexity index is 165. The van der Waals surface area contributed by atoms with Crippen molar-refractivity contribution in [2.75, 3.05) is 6.54 Å². The monoisotopic (exact) mass is 186 g/mol. The van der Waals surface area contributed by atoms with Crippen molar-refractivity contribution in [1.29, 1.82) is 0 Å². The summed E-state index contributed by atoms with van der Waals surface area (Å²) >= 11 is 0. The average molecular weight is 186 g/mol. The van der Waals surface area contributed by atoms with E-state index in [1.807, 2.05) is 13.8 Å². The van der Waals surface area contributed by atoms with Gasteiger partial charge in [0.25, 0.3) is 0 Å². The molecule has 0 amide bonds. The summed E-state index contributed by atoms with van der Waals surface area (Å²) in [7, 11) is 0. The van der Waals surface area contributed by atoms with Crippen LogP contribution in [0.2, 0.25) is 0 Å². The summed E-state index contributed by atoms with van der Waals surface area (Å²) < 4.78 is 0. The second-order valence-electron chi connectivity index (χ2n) is 4.87. The quantitative estimate of drug-likeness (QED) is 0.588. The molecule has 3 atom stereocenters. The molecular weight excluding hydrogens is 164 g/mol. The number of hydrogen-bond acceptors (Lipinski definition) is 3. The summed E-state index contributed by atoms with van der Waals surface area (Å²) in [6, 6.07) is 1.41. The van der Waals surface area contributed by atoms with E-state index in [0.717, 1.165) is 13.0 Å². The van der Waals surface area contributed by atoms with Crippen molar-refractivity contribution >= 4 is 0 Å². The van der Waals surface area contributed by atoms with Crippen LogP contribution in [-0.4, -0.2) is 35.4 Å². The van der Waals surface area contributed by atoms with Crippen LogP contribution in [0.5, 0.6) is 0 Å². The molecule has 3 N–H and O–H groups in total. The summed E-state index contributed by atoms with van der Waals surface area (Å²) in [6.45, 7) is 9.02. The highest BCUT2D eigenvalue weighted by molar-refractivity contribution is 4.89. The van der Waals surface area contributed by atoms with Crippen LogP contribution in [0.4, 0.5) is 0 Å². The molecule has 0 radical (unpaired) electrons. The van der Waals surface area contributed by atoms with Crippen molar-refractivity contribution in [3.63, 3.8) is 0 Å². The van der Waals surface area contributed by atoms with Crippen molar-refractivity contribution in [3.8, 4) is 0 Å². The van der Waals surface area contributed by atoms with E-state index in [0.29, 0.717) is 18.1 Å². The topological polar surface area (TPSA) is 44.3 Å². The molecule has 1 heterocycles. The zero-order valence-corrected chi connectivity index (χ0v) is 9.09. The van der Waals surface area contributed by atoms with Gasteiger partial charge in [-0.3, -0.25) is 0 Å². The van der Waals surface area contributed by atoms with Gasteiger partial charge in [0.15, 0.2) is 0 Å². The molecule has 3 heteroatoms. The van der Waals surface area contributed by atoms with Crippen molar-refractivity contribution < 1.29 is 5.11 Å². The maximum atomic E-state index is 9.65. The van der Waals surface area contributed by atoms with Gasteiger partial charge in [-0.25, -0.2) is 0 Å². The Morgan fingerprint density at radius 1 is 1.31 bits per heavy atom. The van der Waals surface area contributed by atoms with Crippen molar-refractivity contribution in [2.24, 2.45) is 0 Å². The second kappa shape index (κ2) is 3.95. The fourth-order valence-corrected chi connectivity index (χ4v) is 1.81. The fourth-order valence-electron chi connectivity index (χ4n) is 1.81. The normalized spacial score (nSPS) is 36.2. The van der Waals surface area contributed by atoms with E-state index in [1.165, 1.54) is 0 Å². The van der Waals surface area contributed by atoms with Gasteiger partial charge in [0.2, 0.25) is 0 Å². The van der Waals surface area contributed by atoms with Gasteiger partial charge in [-0.1, -0.05) is 0 Å². The first-order valence-electron chi connectivity index (χ1n) is 5.10. The first kappa shape index (κ1) is 11.0. The molecule has 3 unspecified atom stereocenters. The van der Waals surface area contributed by atoms with Crippen LogP contribution in [0.1, 0.15) is 34.1 Å². The van der Waals surface area contributed by atoms with Crippen LogP contribution in [0.25, 0.3) is 0 Å². The first-order chi connectivity index (χ1) is 5.88. The largest absolute Gasteiger partial charge is 0.390 e. The molecule has 0 spiro atoms. The smallest absolute Gasteiger partial charge is 0.0607 e. The summed E-state index contributed by atoms with van der Waals surface area (Å²) in [5.41, 5.74) is -0.570. The molecule has 0 aromatic heterocycles. The maximum Gasteiger partial charge on any atom is 0.0607 e. The lowest BCUT2D eigenvalue weighted by atomic mass is 9.95. The minimum absolute atomic E-state index is 0.395. The minimum atomic E-state index is -0.570. The first-order valence-corrected chi connectivity index (χ1v) is 5.10. The molecular formula is C10H22N2O. The number of nitrogens with one attached hydrogen (secondary N) is 2. The molecule has 0 aromatic rings. The molecule has 1 rings (SSSR count). The Kier molecular flexibility index (Phi) is 3.33. The molecule has 1 aliphatic heterocycles. The van der Waals surface area contributed by atoms with Gasteiger partial charge < -0.3 is 15.7 Å². The van der Waals surface area contributed by atoms with Crippen molar-refractivity contribution in [3.05, 3.63) is 0 Å². The van der Waals surface area contributed by atoms with E-state index in [-0.39, 0.29) is 0 Å². The van der Waals surface area contributed by atoms with Gasteiger partial charge in [-0.15, -0.1) is 0 Å². The highest BCUT2D eigenvalue weighted by atomic mass is 16.3. The maximum absolute atomic E-state index is 9.65. The molecule has 3 nitrogen and oxygen atoms in total. The predicted octanol–water partition coefficient (Wildman–Crippen LogP) is 0.486. The van der Waals surface area contributed by atoms with Crippen LogP contribution in [0.3, 0.4) is 0 Å². The Balaban J connectivity index is 2.38. The standard InChI is InChI=1S/C10H22N2O/c1-7-8(2)12-9(6-11-7)5-10(3,4)13/h7-9,11-13H,5-6H2,1-4H3. The molecule has 0 bridgehead atoms.